The van der Waals surface area contributed by atoms with Gasteiger partial charge in [-0.05, 0) is 44.0 Å². The number of pyridine rings is 1. The number of fused-ring (bicyclic) bond motifs is 1. The van der Waals surface area contributed by atoms with Crippen molar-refractivity contribution in [2.75, 3.05) is 19.6 Å². The van der Waals surface area contributed by atoms with Crippen LogP contribution in [0.5, 0.6) is 0 Å². The minimum atomic E-state index is -0.203. The highest BCUT2D eigenvalue weighted by molar-refractivity contribution is 5.98. The van der Waals surface area contributed by atoms with E-state index >= 15 is 0 Å². The van der Waals surface area contributed by atoms with Crippen LogP contribution in [0.15, 0.2) is 48.8 Å². The van der Waals surface area contributed by atoms with Crippen molar-refractivity contribution in [3.63, 3.8) is 0 Å². The van der Waals surface area contributed by atoms with E-state index in [-0.39, 0.29) is 11.8 Å². The molecule has 0 spiro atoms. The number of para-hydroxylation sites is 1. The molecule has 6 heteroatoms. The number of amides is 2. The van der Waals surface area contributed by atoms with Gasteiger partial charge in [-0.2, -0.15) is 0 Å². The summed E-state index contributed by atoms with van der Waals surface area (Å²) in [6, 6.07) is 11.3. The summed E-state index contributed by atoms with van der Waals surface area (Å²) in [6.07, 6.45) is 4.21. The molecule has 3 aromatic rings. The van der Waals surface area contributed by atoms with Crippen molar-refractivity contribution in [1.29, 1.82) is 0 Å². The zero-order valence-corrected chi connectivity index (χ0v) is 15.7. The molecular formula is C21H24N4O2. The molecule has 0 unspecified atom stereocenters. The Kier molecular flexibility index (Phi) is 5.86. The molecule has 0 bridgehead atoms. The Morgan fingerprint density at radius 1 is 1.15 bits per heavy atom. The van der Waals surface area contributed by atoms with Gasteiger partial charge in [-0.25, -0.2) is 0 Å². The summed E-state index contributed by atoms with van der Waals surface area (Å²) in [4.78, 5) is 33.9. The van der Waals surface area contributed by atoms with E-state index in [9.17, 15) is 9.59 Å². The Bertz CT molecular complexity index is 944. The molecule has 2 N–H and O–H groups in total. The first-order chi connectivity index (χ1) is 13.1. The average molecular weight is 364 g/mol. The molecule has 0 radical (unpaired) electrons. The lowest BCUT2D eigenvalue weighted by molar-refractivity contribution is 0.0767. The minimum Gasteiger partial charge on any atom is -0.361 e. The number of hydrogen-bond donors (Lipinski definition) is 2. The number of hydrogen-bond acceptors (Lipinski definition) is 3. The zero-order chi connectivity index (χ0) is 19.2. The second kappa shape index (κ2) is 8.49. The van der Waals surface area contributed by atoms with Crippen molar-refractivity contribution in [1.82, 2.24) is 20.2 Å². The van der Waals surface area contributed by atoms with Crippen LogP contribution in [0, 0.1) is 0 Å². The fraction of sp³-hybridized carbons (Fsp3) is 0.286. The van der Waals surface area contributed by atoms with Gasteiger partial charge in [0.2, 0.25) is 0 Å². The number of rotatable bonds is 7. The van der Waals surface area contributed by atoms with E-state index in [1.807, 2.05) is 38.2 Å². The Morgan fingerprint density at radius 3 is 2.70 bits per heavy atom. The number of benzene rings is 1. The summed E-state index contributed by atoms with van der Waals surface area (Å²) in [5, 5.41) is 4.09. The molecule has 27 heavy (non-hydrogen) atoms. The fourth-order valence-electron chi connectivity index (χ4n) is 3.11. The van der Waals surface area contributed by atoms with E-state index < -0.39 is 0 Å². The second-order valence-electron chi connectivity index (χ2n) is 6.27. The maximum absolute atomic E-state index is 12.4. The van der Waals surface area contributed by atoms with Gasteiger partial charge in [0.15, 0.2) is 0 Å². The Hall–Kier alpha value is -3.15. The maximum Gasteiger partial charge on any atom is 0.272 e. The molecule has 0 saturated carbocycles. The lowest BCUT2D eigenvalue weighted by atomic mass is 10.1. The van der Waals surface area contributed by atoms with Crippen molar-refractivity contribution in [3.05, 3.63) is 65.6 Å². The third-order valence-corrected chi connectivity index (χ3v) is 4.65. The molecule has 2 heterocycles. The van der Waals surface area contributed by atoms with E-state index in [0.717, 1.165) is 17.5 Å². The average Bonchev–Trinajstić information content (AvgIpc) is 3.12. The van der Waals surface area contributed by atoms with Gasteiger partial charge in [-0.15, -0.1) is 0 Å². The normalized spacial score (nSPS) is 10.7. The van der Waals surface area contributed by atoms with E-state index in [2.05, 4.69) is 21.4 Å². The lowest BCUT2D eigenvalue weighted by Gasteiger charge is -2.18. The number of H-pyrrole nitrogens is 1. The minimum absolute atomic E-state index is 0.159. The summed E-state index contributed by atoms with van der Waals surface area (Å²) >= 11 is 0. The Morgan fingerprint density at radius 2 is 1.93 bits per heavy atom. The predicted molar refractivity (Wildman–Crippen MR) is 106 cm³/mol. The van der Waals surface area contributed by atoms with Crippen molar-refractivity contribution in [2.24, 2.45) is 0 Å². The summed E-state index contributed by atoms with van der Waals surface area (Å²) in [5.74, 6) is -0.362. The molecule has 140 valence electrons. The molecule has 2 aromatic heterocycles. The summed E-state index contributed by atoms with van der Waals surface area (Å²) < 4.78 is 0. The van der Waals surface area contributed by atoms with Gasteiger partial charge in [0.1, 0.15) is 5.69 Å². The quantitative estimate of drug-likeness (QED) is 0.676. The van der Waals surface area contributed by atoms with Crippen molar-refractivity contribution < 1.29 is 9.59 Å². The molecule has 0 aliphatic rings. The first-order valence-corrected chi connectivity index (χ1v) is 9.22. The van der Waals surface area contributed by atoms with Crippen molar-refractivity contribution in [2.45, 2.75) is 20.3 Å². The van der Waals surface area contributed by atoms with Gasteiger partial charge in [0.25, 0.3) is 11.8 Å². The highest BCUT2D eigenvalue weighted by Crippen LogP contribution is 2.17. The van der Waals surface area contributed by atoms with Crippen LogP contribution in [0.2, 0.25) is 0 Å². The number of aromatic amines is 1. The number of carbonyl (C=O) groups is 2. The first-order valence-electron chi connectivity index (χ1n) is 9.22. The summed E-state index contributed by atoms with van der Waals surface area (Å²) in [5.41, 5.74) is 2.99. The number of carbonyl (C=O) groups excluding carboxylic acids is 2. The van der Waals surface area contributed by atoms with Crippen LogP contribution in [-0.2, 0) is 6.42 Å². The van der Waals surface area contributed by atoms with Gasteiger partial charge in [-0.3, -0.25) is 14.6 Å². The molecule has 3 rings (SSSR count). The third kappa shape index (κ3) is 4.16. The Balaban J connectivity index is 1.63. The second-order valence-corrected chi connectivity index (χ2v) is 6.27. The van der Waals surface area contributed by atoms with E-state index in [0.29, 0.717) is 30.9 Å². The maximum atomic E-state index is 12.4. The fourth-order valence-corrected chi connectivity index (χ4v) is 3.11. The molecule has 0 fully saturated rings. The topological polar surface area (TPSA) is 78.1 Å². The van der Waals surface area contributed by atoms with Gasteiger partial charge in [0, 0.05) is 48.5 Å². The van der Waals surface area contributed by atoms with Crippen LogP contribution in [-0.4, -0.2) is 46.3 Å². The lowest BCUT2D eigenvalue weighted by Crippen LogP contribution is -2.31. The number of nitrogens with zero attached hydrogens (tertiary/aromatic N) is 2. The van der Waals surface area contributed by atoms with Crippen LogP contribution in [0.4, 0.5) is 0 Å². The van der Waals surface area contributed by atoms with Crippen LogP contribution < -0.4 is 5.32 Å². The molecule has 0 atom stereocenters. The largest absolute Gasteiger partial charge is 0.361 e. The molecule has 2 amide bonds. The SMILES string of the molecule is CCN(CC)C(=O)c1cc(C(=O)NCCc2c[nH]c3ccccc23)ccn1. The van der Waals surface area contributed by atoms with Crippen molar-refractivity contribution in [3.8, 4) is 0 Å². The summed E-state index contributed by atoms with van der Waals surface area (Å²) in [6.45, 7) is 5.57. The molecule has 0 aliphatic heterocycles. The number of nitrogens with one attached hydrogen (secondary N) is 2. The Labute approximate surface area is 158 Å². The predicted octanol–water partition coefficient (Wildman–Crippen LogP) is 3.02. The van der Waals surface area contributed by atoms with Crippen LogP contribution >= 0.6 is 0 Å². The van der Waals surface area contributed by atoms with Crippen LogP contribution in [0.25, 0.3) is 10.9 Å². The van der Waals surface area contributed by atoms with E-state index in [1.165, 1.54) is 11.6 Å². The van der Waals surface area contributed by atoms with E-state index in [4.69, 9.17) is 0 Å². The monoisotopic (exact) mass is 364 g/mol. The smallest absolute Gasteiger partial charge is 0.272 e. The molecular weight excluding hydrogens is 340 g/mol. The molecule has 0 aliphatic carbocycles. The van der Waals surface area contributed by atoms with Gasteiger partial charge >= 0.3 is 0 Å². The van der Waals surface area contributed by atoms with Gasteiger partial charge < -0.3 is 15.2 Å². The highest BCUT2D eigenvalue weighted by atomic mass is 16.2. The molecule has 6 nitrogen and oxygen atoms in total. The zero-order valence-electron chi connectivity index (χ0n) is 15.7. The van der Waals surface area contributed by atoms with Crippen LogP contribution in [0.3, 0.4) is 0 Å². The standard InChI is InChI=1S/C21H24N4O2/c1-3-25(4-2)21(27)19-13-15(9-11-22-19)20(26)23-12-10-16-14-24-18-8-6-5-7-17(16)18/h5-9,11,13-14,24H,3-4,10,12H2,1-2H3,(H,23,26). The van der Waals surface area contributed by atoms with Gasteiger partial charge in [-0.1, -0.05) is 18.2 Å². The van der Waals surface area contributed by atoms with Crippen LogP contribution in [0.1, 0.15) is 40.3 Å². The molecule has 1 aromatic carbocycles. The summed E-state index contributed by atoms with van der Waals surface area (Å²) in [7, 11) is 0. The highest BCUT2D eigenvalue weighted by Gasteiger charge is 2.16. The number of aromatic nitrogens is 2. The van der Waals surface area contributed by atoms with Gasteiger partial charge in [0.05, 0.1) is 0 Å². The third-order valence-electron chi connectivity index (χ3n) is 4.65. The van der Waals surface area contributed by atoms with Crippen molar-refractivity contribution >= 4 is 22.7 Å². The molecule has 0 saturated heterocycles. The van der Waals surface area contributed by atoms with E-state index in [1.54, 1.807) is 17.0 Å². The first kappa shape index (κ1) is 18.6.